The van der Waals surface area contributed by atoms with Gasteiger partial charge in [-0.05, 0) is 18.1 Å². The van der Waals surface area contributed by atoms with E-state index >= 15 is 0 Å². The van der Waals surface area contributed by atoms with Crippen molar-refractivity contribution in [2.24, 2.45) is 0 Å². The Balaban J connectivity index is 2.46. The first-order valence-electron chi connectivity index (χ1n) is 6.54. The SMILES string of the molecule is CCc1ccc(-c2nc(Cl)cc(C(C)(C)C)n2)cc1. The second-order valence-corrected chi connectivity index (χ2v) is 6.09. The van der Waals surface area contributed by atoms with Crippen molar-refractivity contribution in [1.29, 1.82) is 0 Å². The maximum atomic E-state index is 6.11. The monoisotopic (exact) mass is 274 g/mol. The zero-order chi connectivity index (χ0) is 14.0. The van der Waals surface area contributed by atoms with E-state index < -0.39 is 0 Å². The maximum absolute atomic E-state index is 6.11. The first-order chi connectivity index (χ1) is 8.90. The Bertz CT molecular complexity index is 568. The van der Waals surface area contributed by atoms with Crippen LogP contribution in [0, 0.1) is 0 Å². The molecule has 0 amide bonds. The molecule has 1 heterocycles. The third kappa shape index (κ3) is 3.32. The standard InChI is InChI=1S/C16H19ClN2/c1-5-11-6-8-12(9-7-11)15-18-13(16(2,3)4)10-14(17)19-15/h6-10H,5H2,1-4H3. The van der Waals surface area contributed by atoms with Crippen molar-refractivity contribution in [2.75, 3.05) is 0 Å². The predicted molar refractivity (Wildman–Crippen MR) is 80.6 cm³/mol. The molecule has 0 saturated carbocycles. The Morgan fingerprint density at radius 3 is 2.21 bits per heavy atom. The maximum Gasteiger partial charge on any atom is 0.161 e. The third-order valence-electron chi connectivity index (χ3n) is 3.08. The van der Waals surface area contributed by atoms with Crippen molar-refractivity contribution in [3.05, 3.63) is 46.7 Å². The van der Waals surface area contributed by atoms with Gasteiger partial charge >= 0.3 is 0 Å². The van der Waals surface area contributed by atoms with E-state index in [1.165, 1.54) is 5.56 Å². The smallest absolute Gasteiger partial charge is 0.161 e. The first kappa shape index (κ1) is 14.0. The van der Waals surface area contributed by atoms with Gasteiger partial charge in [0, 0.05) is 11.0 Å². The normalized spacial score (nSPS) is 11.6. The molecule has 1 aromatic carbocycles. The summed E-state index contributed by atoms with van der Waals surface area (Å²) in [5.41, 5.74) is 3.24. The fourth-order valence-corrected chi connectivity index (χ4v) is 2.00. The van der Waals surface area contributed by atoms with Crippen LogP contribution in [0.1, 0.15) is 39.0 Å². The summed E-state index contributed by atoms with van der Waals surface area (Å²) in [5, 5.41) is 0.495. The van der Waals surface area contributed by atoms with Gasteiger partial charge in [0.2, 0.25) is 0 Å². The van der Waals surface area contributed by atoms with Crippen LogP contribution in [-0.4, -0.2) is 9.97 Å². The second-order valence-electron chi connectivity index (χ2n) is 5.70. The molecule has 0 N–H and O–H groups in total. The fourth-order valence-electron chi connectivity index (χ4n) is 1.82. The molecule has 3 heteroatoms. The highest BCUT2D eigenvalue weighted by Gasteiger charge is 2.18. The van der Waals surface area contributed by atoms with Crippen molar-refractivity contribution in [1.82, 2.24) is 9.97 Å². The van der Waals surface area contributed by atoms with Gasteiger partial charge in [-0.1, -0.05) is 63.6 Å². The number of aryl methyl sites for hydroxylation is 1. The molecule has 2 aromatic rings. The van der Waals surface area contributed by atoms with Gasteiger partial charge in [-0.15, -0.1) is 0 Å². The molecule has 0 unspecified atom stereocenters. The van der Waals surface area contributed by atoms with E-state index in [2.05, 4.69) is 61.9 Å². The summed E-state index contributed by atoms with van der Waals surface area (Å²) in [7, 11) is 0. The van der Waals surface area contributed by atoms with Crippen LogP contribution in [0.25, 0.3) is 11.4 Å². The van der Waals surface area contributed by atoms with Crippen molar-refractivity contribution < 1.29 is 0 Å². The Morgan fingerprint density at radius 1 is 1.05 bits per heavy atom. The van der Waals surface area contributed by atoms with E-state index in [1.807, 2.05) is 6.07 Å². The van der Waals surface area contributed by atoms with Crippen LogP contribution in [-0.2, 0) is 11.8 Å². The van der Waals surface area contributed by atoms with Crippen LogP contribution in [0.5, 0.6) is 0 Å². The number of halogens is 1. The molecule has 2 rings (SSSR count). The van der Waals surface area contributed by atoms with Gasteiger partial charge in [0.05, 0.1) is 5.69 Å². The van der Waals surface area contributed by atoms with Gasteiger partial charge in [0.25, 0.3) is 0 Å². The van der Waals surface area contributed by atoms with Gasteiger partial charge in [-0.25, -0.2) is 9.97 Å². The lowest BCUT2D eigenvalue weighted by molar-refractivity contribution is 0.568. The zero-order valence-corrected chi connectivity index (χ0v) is 12.6. The van der Waals surface area contributed by atoms with Crippen molar-refractivity contribution in [3.63, 3.8) is 0 Å². The molecular weight excluding hydrogens is 256 g/mol. The van der Waals surface area contributed by atoms with Crippen molar-refractivity contribution >= 4 is 11.6 Å². The Kier molecular flexibility index (Phi) is 3.91. The van der Waals surface area contributed by atoms with Crippen LogP contribution in [0.4, 0.5) is 0 Å². The molecule has 0 aliphatic heterocycles. The molecule has 0 fully saturated rings. The van der Waals surface area contributed by atoms with Crippen LogP contribution in [0.2, 0.25) is 5.15 Å². The number of benzene rings is 1. The highest BCUT2D eigenvalue weighted by atomic mass is 35.5. The molecule has 0 aliphatic rings. The molecule has 0 atom stereocenters. The van der Waals surface area contributed by atoms with Crippen LogP contribution >= 0.6 is 11.6 Å². The summed E-state index contributed by atoms with van der Waals surface area (Å²) >= 11 is 6.11. The molecule has 0 saturated heterocycles. The molecular formula is C16H19ClN2. The molecule has 0 aliphatic carbocycles. The highest BCUT2D eigenvalue weighted by Crippen LogP contribution is 2.25. The molecule has 0 spiro atoms. The third-order valence-corrected chi connectivity index (χ3v) is 3.28. The van der Waals surface area contributed by atoms with Gasteiger partial charge in [-0.3, -0.25) is 0 Å². The quantitative estimate of drug-likeness (QED) is 0.745. The second kappa shape index (κ2) is 5.30. The summed E-state index contributed by atoms with van der Waals surface area (Å²) in [6, 6.07) is 10.2. The largest absolute Gasteiger partial charge is 0.232 e. The van der Waals surface area contributed by atoms with Gasteiger partial charge in [-0.2, -0.15) is 0 Å². The summed E-state index contributed by atoms with van der Waals surface area (Å²) in [4.78, 5) is 8.96. The van der Waals surface area contributed by atoms with E-state index in [0.29, 0.717) is 11.0 Å². The number of hydrogen-bond acceptors (Lipinski definition) is 2. The molecule has 2 nitrogen and oxygen atoms in total. The molecule has 100 valence electrons. The minimum Gasteiger partial charge on any atom is -0.232 e. The van der Waals surface area contributed by atoms with Crippen molar-refractivity contribution in [3.8, 4) is 11.4 Å². The minimum atomic E-state index is -0.0370. The summed E-state index contributed by atoms with van der Waals surface area (Å²) in [6.45, 7) is 8.50. The van der Waals surface area contributed by atoms with Gasteiger partial charge in [0.1, 0.15) is 5.15 Å². The minimum absolute atomic E-state index is 0.0370. The summed E-state index contributed by atoms with van der Waals surface area (Å²) in [5.74, 6) is 0.695. The average Bonchev–Trinajstić information content (AvgIpc) is 2.37. The molecule has 0 bridgehead atoms. The van der Waals surface area contributed by atoms with Crippen LogP contribution in [0.15, 0.2) is 30.3 Å². The lowest BCUT2D eigenvalue weighted by Crippen LogP contribution is -2.14. The molecule has 0 radical (unpaired) electrons. The topological polar surface area (TPSA) is 25.8 Å². The van der Waals surface area contributed by atoms with E-state index in [-0.39, 0.29) is 5.41 Å². The van der Waals surface area contributed by atoms with Crippen molar-refractivity contribution in [2.45, 2.75) is 39.5 Å². The molecule has 19 heavy (non-hydrogen) atoms. The highest BCUT2D eigenvalue weighted by molar-refractivity contribution is 6.29. The zero-order valence-electron chi connectivity index (χ0n) is 11.9. The number of rotatable bonds is 2. The predicted octanol–water partition coefficient (Wildman–Crippen LogP) is 4.66. The Hall–Kier alpha value is -1.41. The van der Waals surface area contributed by atoms with Gasteiger partial charge in [0.15, 0.2) is 5.82 Å². The average molecular weight is 275 g/mol. The van der Waals surface area contributed by atoms with E-state index in [4.69, 9.17) is 11.6 Å². The lowest BCUT2D eigenvalue weighted by Gasteiger charge is -2.18. The number of nitrogens with zero attached hydrogens (tertiary/aromatic N) is 2. The summed E-state index contributed by atoms with van der Waals surface area (Å²) in [6.07, 6.45) is 1.03. The first-order valence-corrected chi connectivity index (χ1v) is 6.92. The van der Waals surface area contributed by atoms with E-state index in [0.717, 1.165) is 17.7 Å². The lowest BCUT2D eigenvalue weighted by atomic mass is 9.92. The Morgan fingerprint density at radius 2 is 1.68 bits per heavy atom. The summed E-state index contributed by atoms with van der Waals surface area (Å²) < 4.78 is 0. The van der Waals surface area contributed by atoms with E-state index in [9.17, 15) is 0 Å². The number of aromatic nitrogens is 2. The Labute approximate surface area is 119 Å². The molecule has 1 aromatic heterocycles. The van der Waals surface area contributed by atoms with Crippen LogP contribution in [0.3, 0.4) is 0 Å². The van der Waals surface area contributed by atoms with Crippen LogP contribution < -0.4 is 0 Å². The van der Waals surface area contributed by atoms with Gasteiger partial charge < -0.3 is 0 Å². The van der Waals surface area contributed by atoms with E-state index in [1.54, 1.807) is 0 Å². The number of hydrogen-bond donors (Lipinski definition) is 0. The fraction of sp³-hybridized carbons (Fsp3) is 0.375.